The maximum atomic E-state index is 13.1. The van der Waals surface area contributed by atoms with E-state index in [-0.39, 0.29) is 24.9 Å². The third kappa shape index (κ3) is 5.64. The minimum Gasteiger partial charge on any atom is -0.354 e. The van der Waals surface area contributed by atoms with Gasteiger partial charge in [0.15, 0.2) is 0 Å². The van der Waals surface area contributed by atoms with Crippen molar-refractivity contribution in [3.8, 4) is 0 Å². The van der Waals surface area contributed by atoms with Crippen molar-refractivity contribution in [2.24, 2.45) is 5.92 Å². The van der Waals surface area contributed by atoms with Gasteiger partial charge in [-0.05, 0) is 18.8 Å². The summed E-state index contributed by atoms with van der Waals surface area (Å²) in [6.07, 6.45) is -0.765. The van der Waals surface area contributed by atoms with E-state index in [0.29, 0.717) is 38.5 Å². The van der Waals surface area contributed by atoms with Crippen LogP contribution in [0.15, 0.2) is 0 Å². The Morgan fingerprint density at radius 2 is 1.90 bits per heavy atom. The molecule has 21 heavy (non-hydrogen) atoms. The van der Waals surface area contributed by atoms with Crippen molar-refractivity contribution >= 4 is 18.3 Å². The first kappa shape index (κ1) is 18.5. The van der Waals surface area contributed by atoms with Crippen LogP contribution in [0.1, 0.15) is 25.7 Å². The molecule has 1 unspecified atom stereocenters. The summed E-state index contributed by atoms with van der Waals surface area (Å²) >= 11 is 0. The summed E-state index contributed by atoms with van der Waals surface area (Å²) in [5, 5.41) is 5.50. The maximum absolute atomic E-state index is 13.1. The molecule has 0 aromatic heterocycles. The normalized spacial score (nSPS) is 22.0. The summed E-state index contributed by atoms with van der Waals surface area (Å²) in [6.45, 7) is 1.51. The number of halogens is 4. The van der Waals surface area contributed by atoms with Crippen LogP contribution >= 0.6 is 12.4 Å². The lowest BCUT2D eigenvalue weighted by Crippen LogP contribution is -2.57. The van der Waals surface area contributed by atoms with Crippen LogP contribution in [-0.4, -0.2) is 55.7 Å². The zero-order valence-corrected chi connectivity index (χ0v) is 12.7. The largest absolute Gasteiger partial charge is 0.405 e. The van der Waals surface area contributed by atoms with Gasteiger partial charge in [-0.25, -0.2) is 0 Å². The lowest BCUT2D eigenvalue weighted by atomic mass is 9.83. The second-order valence-electron chi connectivity index (χ2n) is 5.65. The molecule has 0 bridgehead atoms. The summed E-state index contributed by atoms with van der Waals surface area (Å²) in [6, 6.07) is -1.57. The molecule has 1 heterocycles. The number of carbonyl (C=O) groups excluding carboxylic acids is 1. The Bertz CT molecular complexity index is 331. The van der Waals surface area contributed by atoms with Crippen LogP contribution in [0.4, 0.5) is 13.2 Å². The highest BCUT2D eigenvalue weighted by Gasteiger charge is 2.43. The molecule has 2 fully saturated rings. The standard InChI is InChI=1S/C13H22F3N3O.ClH/c14-13(15,16)11(19-6-4-17-5-7-19)9-18-12(20)8-10-2-1-3-10;/h10-11,17H,1-9H2,(H,18,20);1H. The molecule has 2 rings (SSSR count). The number of hydrogen-bond acceptors (Lipinski definition) is 3. The zero-order chi connectivity index (χ0) is 14.6. The molecule has 1 aliphatic carbocycles. The van der Waals surface area contributed by atoms with E-state index in [1.165, 1.54) is 4.90 Å². The van der Waals surface area contributed by atoms with Crippen LogP contribution in [-0.2, 0) is 4.79 Å². The molecule has 0 aromatic rings. The second kappa shape index (κ2) is 8.19. The molecule has 8 heteroatoms. The molecule has 2 N–H and O–H groups in total. The number of hydrogen-bond donors (Lipinski definition) is 2. The van der Waals surface area contributed by atoms with Gasteiger partial charge in [-0.1, -0.05) is 6.42 Å². The van der Waals surface area contributed by atoms with E-state index < -0.39 is 12.2 Å². The van der Waals surface area contributed by atoms with Crippen LogP contribution in [0.3, 0.4) is 0 Å². The van der Waals surface area contributed by atoms with E-state index in [0.717, 1.165) is 19.3 Å². The van der Waals surface area contributed by atoms with Gasteiger partial charge in [0.05, 0.1) is 0 Å². The summed E-state index contributed by atoms with van der Waals surface area (Å²) in [5.41, 5.74) is 0. The lowest BCUT2D eigenvalue weighted by molar-refractivity contribution is -0.184. The van der Waals surface area contributed by atoms with Crippen molar-refractivity contribution in [3.05, 3.63) is 0 Å². The molecule has 4 nitrogen and oxygen atoms in total. The average Bonchev–Trinajstić information content (AvgIpc) is 2.34. The molecule has 124 valence electrons. The Hall–Kier alpha value is -0.530. The first-order valence-electron chi connectivity index (χ1n) is 7.25. The molecular weight excluding hydrogens is 307 g/mol. The smallest absolute Gasteiger partial charge is 0.354 e. The Labute approximate surface area is 129 Å². The van der Waals surface area contributed by atoms with E-state index >= 15 is 0 Å². The van der Waals surface area contributed by atoms with Gasteiger partial charge in [-0.3, -0.25) is 9.69 Å². The fourth-order valence-corrected chi connectivity index (χ4v) is 2.69. The van der Waals surface area contributed by atoms with Crippen LogP contribution in [0, 0.1) is 5.92 Å². The van der Waals surface area contributed by atoms with Crippen molar-refractivity contribution in [1.82, 2.24) is 15.5 Å². The first-order chi connectivity index (χ1) is 9.47. The molecule has 2 aliphatic rings. The van der Waals surface area contributed by atoms with Gasteiger partial charge in [0.2, 0.25) is 5.91 Å². The average molecular weight is 330 g/mol. The number of nitrogens with one attached hydrogen (secondary N) is 2. The van der Waals surface area contributed by atoms with Gasteiger partial charge >= 0.3 is 6.18 Å². The van der Waals surface area contributed by atoms with Crippen molar-refractivity contribution < 1.29 is 18.0 Å². The molecule has 1 saturated heterocycles. The first-order valence-corrected chi connectivity index (χ1v) is 7.25. The number of alkyl halides is 3. The molecule has 1 aliphatic heterocycles. The third-order valence-electron chi connectivity index (χ3n) is 4.16. The Kier molecular flexibility index (Phi) is 7.23. The predicted molar refractivity (Wildman–Crippen MR) is 76.5 cm³/mol. The van der Waals surface area contributed by atoms with Crippen molar-refractivity contribution in [2.45, 2.75) is 37.9 Å². The fourth-order valence-electron chi connectivity index (χ4n) is 2.69. The van der Waals surface area contributed by atoms with Crippen molar-refractivity contribution in [2.75, 3.05) is 32.7 Å². The topological polar surface area (TPSA) is 44.4 Å². The van der Waals surface area contributed by atoms with Crippen molar-refractivity contribution in [1.29, 1.82) is 0 Å². The Balaban J connectivity index is 0.00000220. The highest BCUT2D eigenvalue weighted by molar-refractivity contribution is 5.85. The van der Waals surface area contributed by atoms with E-state index in [1.807, 2.05) is 0 Å². The molecule has 0 spiro atoms. The number of carbonyl (C=O) groups is 1. The monoisotopic (exact) mass is 329 g/mol. The van der Waals surface area contributed by atoms with Gasteiger partial charge in [-0.2, -0.15) is 13.2 Å². The molecular formula is C13H23ClF3N3O. The molecule has 1 saturated carbocycles. The number of piperazine rings is 1. The number of amides is 1. The fraction of sp³-hybridized carbons (Fsp3) is 0.923. The highest BCUT2D eigenvalue weighted by Crippen LogP contribution is 2.29. The summed E-state index contributed by atoms with van der Waals surface area (Å²) in [5.74, 6) is 0.123. The third-order valence-corrected chi connectivity index (χ3v) is 4.16. The van der Waals surface area contributed by atoms with Gasteiger partial charge in [0.1, 0.15) is 6.04 Å². The highest BCUT2D eigenvalue weighted by atomic mass is 35.5. The van der Waals surface area contributed by atoms with Gasteiger partial charge < -0.3 is 10.6 Å². The number of nitrogens with zero attached hydrogens (tertiary/aromatic N) is 1. The molecule has 1 atom stereocenters. The van der Waals surface area contributed by atoms with E-state index in [4.69, 9.17) is 0 Å². The van der Waals surface area contributed by atoms with Crippen molar-refractivity contribution in [3.63, 3.8) is 0 Å². The minimum absolute atomic E-state index is 0. The summed E-state index contributed by atoms with van der Waals surface area (Å²) in [4.78, 5) is 13.1. The van der Waals surface area contributed by atoms with Crippen LogP contribution in [0.25, 0.3) is 0 Å². The van der Waals surface area contributed by atoms with Crippen LogP contribution in [0.2, 0.25) is 0 Å². The van der Waals surface area contributed by atoms with E-state index in [1.54, 1.807) is 0 Å². The molecule has 0 aromatic carbocycles. The minimum atomic E-state index is -4.30. The van der Waals surface area contributed by atoms with Gasteiger partial charge in [-0.15, -0.1) is 12.4 Å². The number of rotatable bonds is 5. The zero-order valence-electron chi connectivity index (χ0n) is 11.9. The van der Waals surface area contributed by atoms with E-state index in [2.05, 4.69) is 10.6 Å². The predicted octanol–water partition coefficient (Wildman–Crippen LogP) is 1.55. The lowest BCUT2D eigenvalue weighted by Gasteiger charge is -2.36. The Morgan fingerprint density at radius 3 is 2.38 bits per heavy atom. The SMILES string of the molecule is Cl.O=C(CC1CCC1)NCC(N1CCNCC1)C(F)(F)F. The van der Waals surface area contributed by atoms with Gasteiger partial charge in [0, 0.05) is 39.1 Å². The molecule has 1 amide bonds. The summed E-state index contributed by atoms with van der Waals surface area (Å²) in [7, 11) is 0. The quantitative estimate of drug-likeness (QED) is 0.804. The maximum Gasteiger partial charge on any atom is 0.405 e. The van der Waals surface area contributed by atoms with Gasteiger partial charge in [0.25, 0.3) is 0 Å². The second-order valence-corrected chi connectivity index (χ2v) is 5.65. The van der Waals surface area contributed by atoms with Crippen LogP contribution < -0.4 is 10.6 Å². The summed E-state index contributed by atoms with van der Waals surface area (Å²) < 4.78 is 39.2. The molecule has 0 radical (unpaired) electrons. The van der Waals surface area contributed by atoms with Crippen LogP contribution in [0.5, 0.6) is 0 Å². The van der Waals surface area contributed by atoms with E-state index in [9.17, 15) is 18.0 Å². The Morgan fingerprint density at radius 1 is 1.29 bits per heavy atom.